The second-order valence-electron chi connectivity index (χ2n) is 2.08. The Kier molecular flexibility index (Phi) is 3.13. The highest BCUT2D eigenvalue weighted by atomic mass is 16.8. The molecular formula is C7H8O6. The Morgan fingerprint density at radius 3 is 3.00 bits per heavy atom. The van der Waals surface area contributed by atoms with Gasteiger partial charge in [-0.15, -0.1) is 0 Å². The van der Waals surface area contributed by atoms with E-state index in [1.165, 1.54) is 13.2 Å². The SMILES string of the molecule is COC(=O)OC/C=C1/COC(=O)O1. The van der Waals surface area contributed by atoms with Gasteiger partial charge in [-0.25, -0.2) is 9.59 Å². The maximum absolute atomic E-state index is 10.4. The summed E-state index contributed by atoms with van der Waals surface area (Å²) >= 11 is 0. The molecule has 1 fully saturated rings. The minimum absolute atomic E-state index is 0.0152. The number of carbonyl (C=O) groups excluding carboxylic acids is 2. The van der Waals surface area contributed by atoms with Crippen LogP contribution in [0.3, 0.4) is 0 Å². The molecule has 0 spiro atoms. The molecule has 1 aliphatic rings. The van der Waals surface area contributed by atoms with Crippen molar-refractivity contribution in [3.8, 4) is 0 Å². The van der Waals surface area contributed by atoms with E-state index in [-0.39, 0.29) is 13.2 Å². The van der Waals surface area contributed by atoms with Gasteiger partial charge in [-0.2, -0.15) is 0 Å². The largest absolute Gasteiger partial charge is 0.514 e. The molecule has 0 atom stereocenters. The summed E-state index contributed by atoms with van der Waals surface area (Å²) in [5.74, 6) is 0.328. The molecule has 0 radical (unpaired) electrons. The molecule has 0 saturated carbocycles. The zero-order valence-electron chi connectivity index (χ0n) is 6.94. The molecule has 72 valence electrons. The summed E-state index contributed by atoms with van der Waals surface area (Å²) in [5.41, 5.74) is 0. The van der Waals surface area contributed by atoms with Gasteiger partial charge in [0.2, 0.25) is 0 Å². The van der Waals surface area contributed by atoms with E-state index < -0.39 is 12.3 Å². The van der Waals surface area contributed by atoms with E-state index in [1.807, 2.05) is 0 Å². The van der Waals surface area contributed by atoms with Gasteiger partial charge in [0.25, 0.3) is 0 Å². The minimum Gasteiger partial charge on any atom is -0.438 e. The number of ether oxygens (including phenoxy) is 4. The van der Waals surface area contributed by atoms with E-state index in [1.54, 1.807) is 0 Å². The van der Waals surface area contributed by atoms with Crippen molar-refractivity contribution < 1.29 is 28.5 Å². The molecule has 0 aromatic carbocycles. The van der Waals surface area contributed by atoms with Crippen LogP contribution in [0.2, 0.25) is 0 Å². The van der Waals surface area contributed by atoms with Crippen molar-refractivity contribution in [2.75, 3.05) is 20.3 Å². The van der Waals surface area contributed by atoms with Gasteiger partial charge in [0.05, 0.1) is 7.11 Å². The summed E-state index contributed by atoms with van der Waals surface area (Å²) in [6.07, 6.45) is -0.117. The lowest BCUT2D eigenvalue weighted by Gasteiger charge is -1.98. The Labute approximate surface area is 74.0 Å². The van der Waals surface area contributed by atoms with Crippen LogP contribution in [0, 0.1) is 0 Å². The van der Waals surface area contributed by atoms with Crippen molar-refractivity contribution in [3.05, 3.63) is 11.8 Å². The number of hydrogen-bond acceptors (Lipinski definition) is 6. The maximum atomic E-state index is 10.4. The fourth-order valence-electron chi connectivity index (χ4n) is 0.658. The van der Waals surface area contributed by atoms with Crippen molar-refractivity contribution in [2.24, 2.45) is 0 Å². The van der Waals surface area contributed by atoms with Gasteiger partial charge >= 0.3 is 12.3 Å². The molecule has 1 aliphatic heterocycles. The average molecular weight is 188 g/mol. The number of hydrogen-bond donors (Lipinski definition) is 0. The summed E-state index contributed by atoms with van der Waals surface area (Å²) in [5, 5.41) is 0. The second kappa shape index (κ2) is 4.34. The van der Waals surface area contributed by atoms with E-state index in [4.69, 9.17) is 0 Å². The molecule has 13 heavy (non-hydrogen) atoms. The molecule has 1 rings (SSSR count). The molecular weight excluding hydrogens is 180 g/mol. The Bertz CT molecular complexity index is 243. The summed E-state index contributed by atoms with van der Waals surface area (Å²) in [6.45, 7) is 0.0576. The summed E-state index contributed by atoms with van der Waals surface area (Å²) in [6, 6.07) is 0. The number of cyclic esters (lactones) is 2. The van der Waals surface area contributed by atoms with Gasteiger partial charge in [-0.05, 0) is 6.08 Å². The summed E-state index contributed by atoms with van der Waals surface area (Å²) < 4.78 is 17.7. The topological polar surface area (TPSA) is 71.1 Å². The zero-order valence-corrected chi connectivity index (χ0v) is 6.94. The van der Waals surface area contributed by atoms with Gasteiger partial charge in [0.15, 0.2) is 6.61 Å². The van der Waals surface area contributed by atoms with E-state index >= 15 is 0 Å². The quantitative estimate of drug-likeness (QED) is 0.597. The van der Waals surface area contributed by atoms with Crippen LogP contribution >= 0.6 is 0 Å². The fraction of sp³-hybridized carbons (Fsp3) is 0.429. The third kappa shape index (κ3) is 3.02. The second-order valence-corrected chi connectivity index (χ2v) is 2.08. The molecule has 0 unspecified atom stereocenters. The predicted octanol–water partition coefficient (Wildman–Crippen LogP) is 0.820. The highest BCUT2D eigenvalue weighted by Crippen LogP contribution is 2.09. The molecule has 1 saturated heterocycles. The number of carbonyl (C=O) groups is 2. The van der Waals surface area contributed by atoms with Gasteiger partial charge < -0.3 is 18.9 Å². The molecule has 0 aliphatic carbocycles. The van der Waals surface area contributed by atoms with E-state index in [0.29, 0.717) is 5.76 Å². The first-order valence-corrected chi connectivity index (χ1v) is 3.46. The zero-order chi connectivity index (χ0) is 9.68. The summed E-state index contributed by atoms with van der Waals surface area (Å²) in [4.78, 5) is 20.8. The first-order valence-electron chi connectivity index (χ1n) is 3.46. The third-order valence-corrected chi connectivity index (χ3v) is 1.23. The highest BCUT2D eigenvalue weighted by Gasteiger charge is 2.17. The van der Waals surface area contributed by atoms with Crippen molar-refractivity contribution in [1.29, 1.82) is 0 Å². The van der Waals surface area contributed by atoms with Crippen molar-refractivity contribution in [1.82, 2.24) is 0 Å². The Hall–Kier alpha value is -1.72. The van der Waals surface area contributed by atoms with Gasteiger partial charge in [0, 0.05) is 0 Å². The van der Waals surface area contributed by atoms with Crippen molar-refractivity contribution in [2.45, 2.75) is 0 Å². The van der Waals surface area contributed by atoms with Crippen LogP contribution in [-0.2, 0) is 18.9 Å². The van der Waals surface area contributed by atoms with Crippen LogP contribution in [-0.4, -0.2) is 32.6 Å². The Morgan fingerprint density at radius 2 is 2.46 bits per heavy atom. The molecule has 0 aromatic heterocycles. The Balaban J connectivity index is 2.24. The van der Waals surface area contributed by atoms with E-state index in [0.717, 1.165) is 0 Å². The maximum Gasteiger partial charge on any atom is 0.514 e. The lowest BCUT2D eigenvalue weighted by Crippen LogP contribution is -2.04. The van der Waals surface area contributed by atoms with Crippen LogP contribution in [0.4, 0.5) is 9.59 Å². The smallest absolute Gasteiger partial charge is 0.438 e. The molecule has 6 heteroatoms. The minimum atomic E-state index is -0.790. The molecule has 0 aromatic rings. The Morgan fingerprint density at radius 1 is 1.69 bits per heavy atom. The lowest BCUT2D eigenvalue weighted by atomic mass is 10.5. The van der Waals surface area contributed by atoms with Gasteiger partial charge in [-0.1, -0.05) is 0 Å². The van der Waals surface area contributed by atoms with Crippen LogP contribution in [0.15, 0.2) is 11.8 Å². The van der Waals surface area contributed by atoms with Crippen LogP contribution in [0.25, 0.3) is 0 Å². The molecule has 0 bridgehead atoms. The first kappa shape index (κ1) is 9.37. The standard InChI is InChI=1S/C7H8O6/c1-10-6(8)11-3-2-5-4-12-7(9)13-5/h2H,3-4H2,1H3/b5-2-. The van der Waals surface area contributed by atoms with Crippen LogP contribution in [0.5, 0.6) is 0 Å². The van der Waals surface area contributed by atoms with E-state index in [9.17, 15) is 9.59 Å². The number of methoxy groups -OCH3 is 1. The molecule has 0 amide bonds. The summed E-state index contributed by atoms with van der Waals surface area (Å²) in [7, 11) is 1.20. The lowest BCUT2D eigenvalue weighted by molar-refractivity contribution is 0.0813. The normalized spacial score (nSPS) is 17.9. The van der Waals surface area contributed by atoms with Gasteiger partial charge in [0.1, 0.15) is 12.4 Å². The molecule has 1 heterocycles. The average Bonchev–Trinajstić information content (AvgIpc) is 2.51. The van der Waals surface area contributed by atoms with Crippen molar-refractivity contribution >= 4 is 12.3 Å². The number of rotatable bonds is 2. The van der Waals surface area contributed by atoms with E-state index in [2.05, 4.69) is 18.9 Å². The fourth-order valence-corrected chi connectivity index (χ4v) is 0.658. The van der Waals surface area contributed by atoms with Gasteiger partial charge in [-0.3, -0.25) is 0 Å². The van der Waals surface area contributed by atoms with Crippen molar-refractivity contribution in [3.63, 3.8) is 0 Å². The van der Waals surface area contributed by atoms with Crippen LogP contribution < -0.4 is 0 Å². The molecule has 0 N–H and O–H groups in total. The predicted molar refractivity (Wildman–Crippen MR) is 38.9 cm³/mol. The first-order chi connectivity index (χ1) is 6.22. The molecule has 6 nitrogen and oxygen atoms in total. The highest BCUT2D eigenvalue weighted by molar-refractivity contribution is 5.64. The van der Waals surface area contributed by atoms with Crippen LogP contribution in [0.1, 0.15) is 0 Å². The monoisotopic (exact) mass is 188 g/mol. The third-order valence-electron chi connectivity index (χ3n) is 1.23.